The Morgan fingerprint density at radius 1 is 1.19 bits per heavy atom. The molecular weight excluding hydrogens is 356 g/mol. The molecule has 0 spiro atoms. The van der Waals surface area contributed by atoms with Gasteiger partial charge in [0.2, 0.25) is 0 Å². The standard InChI is InChI=1S/C20H23F2NO2S/c1-13(2)26-20-15(8-6-10-23-20)14-11-17(21)16(18(22)12-14)7-4-3-5-9-19(24)25/h6,8,10-13H,3-5,7,9H2,1-2H3,(H,24,25). The molecule has 0 saturated heterocycles. The van der Waals surface area contributed by atoms with Crippen molar-refractivity contribution in [1.82, 2.24) is 4.98 Å². The molecule has 0 fully saturated rings. The number of carbonyl (C=O) groups is 1. The lowest BCUT2D eigenvalue weighted by Gasteiger charge is -2.12. The topological polar surface area (TPSA) is 50.2 Å². The molecule has 3 nitrogen and oxygen atoms in total. The van der Waals surface area contributed by atoms with Crippen LogP contribution in [0.2, 0.25) is 0 Å². The number of halogens is 2. The number of thioether (sulfide) groups is 1. The Morgan fingerprint density at radius 3 is 2.50 bits per heavy atom. The predicted octanol–water partition coefficient (Wildman–Crippen LogP) is 5.71. The lowest BCUT2D eigenvalue weighted by atomic mass is 10.0. The lowest BCUT2D eigenvalue weighted by Crippen LogP contribution is -1.99. The Labute approximate surface area is 156 Å². The second-order valence-electron chi connectivity index (χ2n) is 6.40. The van der Waals surface area contributed by atoms with Crippen molar-refractivity contribution in [2.24, 2.45) is 0 Å². The Hall–Kier alpha value is -1.95. The summed E-state index contributed by atoms with van der Waals surface area (Å²) in [6.07, 6.45) is 3.72. The largest absolute Gasteiger partial charge is 0.481 e. The van der Waals surface area contributed by atoms with Crippen LogP contribution < -0.4 is 0 Å². The quantitative estimate of drug-likeness (QED) is 0.447. The number of aliphatic carboxylic acids is 1. The molecule has 1 aromatic heterocycles. The number of rotatable bonds is 9. The first kappa shape index (κ1) is 20.4. The van der Waals surface area contributed by atoms with Crippen LogP contribution in [0.15, 0.2) is 35.5 Å². The van der Waals surface area contributed by atoms with E-state index in [0.717, 1.165) is 10.6 Å². The zero-order valence-electron chi connectivity index (χ0n) is 15.0. The van der Waals surface area contributed by atoms with Crippen LogP contribution in [0.25, 0.3) is 11.1 Å². The van der Waals surface area contributed by atoms with Crippen LogP contribution in [0.4, 0.5) is 8.78 Å². The minimum atomic E-state index is -0.849. The van der Waals surface area contributed by atoms with E-state index in [1.54, 1.807) is 24.0 Å². The third-order valence-corrected chi connectivity index (χ3v) is 4.91. The van der Waals surface area contributed by atoms with Gasteiger partial charge in [-0.1, -0.05) is 26.3 Å². The number of hydrogen-bond donors (Lipinski definition) is 1. The summed E-state index contributed by atoms with van der Waals surface area (Å²) in [6.45, 7) is 4.08. The van der Waals surface area contributed by atoms with Crippen molar-refractivity contribution >= 4 is 17.7 Å². The van der Waals surface area contributed by atoms with Crippen LogP contribution in [0.5, 0.6) is 0 Å². The number of hydrogen-bond acceptors (Lipinski definition) is 3. The molecule has 0 aliphatic carbocycles. The molecule has 0 aliphatic rings. The Kier molecular flexibility index (Phi) is 7.57. The summed E-state index contributed by atoms with van der Waals surface area (Å²) >= 11 is 1.55. The first-order chi connectivity index (χ1) is 12.4. The lowest BCUT2D eigenvalue weighted by molar-refractivity contribution is -0.137. The van der Waals surface area contributed by atoms with Crippen molar-refractivity contribution in [3.63, 3.8) is 0 Å². The number of carboxylic acid groups (broad SMARTS) is 1. The van der Waals surface area contributed by atoms with Crippen molar-refractivity contribution in [2.75, 3.05) is 0 Å². The summed E-state index contributed by atoms with van der Waals surface area (Å²) in [5.41, 5.74) is 1.26. The van der Waals surface area contributed by atoms with E-state index in [0.29, 0.717) is 30.1 Å². The SMILES string of the molecule is CC(C)Sc1ncccc1-c1cc(F)c(CCCCCC(=O)O)c(F)c1. The molecule has 2 rings (SSSR count). The summed E-state index contributed by atoms with van der Waals surface area (Å²) in [7, 11) is 0. The number of unbranched alkanes of at least 4 members (excludes halogenated alkanes) is 2. The minimum absolute atomic E-state index is 0.0611. The van der Waals surface area contributed by atoms with Gasteiger partial charge in [-0.3, -0.25) is 4.79 Å². The minimum Gasteiger partial charge on any atom is -0.481 e. The molecule has 1 heterocycles. The summed E-state index contributed by atoms with van der Waals surface area (Å²) in [4.78, 5) is 14.8. The normalized spacial score (nSPS) is 11.1. The highest BCUT2D eigenvalue weighted by Crippen LogP contribution is 2.33. The van der Waals surface area contributed by atoms with Crippen molar-refractivity contribution in [2.45, 2.75) is 56.2 Å². The van der Waals surface area contributed by atoms with E-state index in [1.165, 1.54) is 12.1 Å². The average molecular weight is 379 g/mol. The second-order valence-corrected chi connectivity index (χ2v) is 7.96. The summed E-state index contributed by atoms with van der Waals surface area (Å²) in [6, 6.07) is 6.29. The van der Waals surface area contributed by atoms with E-state index in [9.17, 15) is 13.6 Å². The van der Waals surface area contributed by atoms with Gasteiger partial charge in [-0.15, -0.1) is 11.8 Å². The molecule has 0 aliphatic heterocycles. The van der Waals surface area contributed by atoms with Gasteiger partial charge in [0.1, 0.15) is 16.7 Å². The van der Waals surface area contributed by atoms with Gasteiger partial charge in [0.05, 0.1) is 0 Å². The van der Waals surface area contributed by atoms with Crippen LogP contribution >= 0.6 is 11.8 Å². The molecule has 6 heteroatoms. The summed E-state index contributed by atoms with van der Waals surface area (Å²) < 4.78 is 28.9. The van der Waals surface area contributed by atoms with E-state index >= 15 is 0 Å². The van der Waals surface area contributed by atoms with Crippen LogP contribution in [0.1, 0.15) is 45.1 Å². The molecule has 0 atom stereocenters. The first-order valence-corrected chi connectivity index (χ1v) is 9.58. The van der Waals surface area contributed by atoms with Gasteiger partial charge < -0.3 is 5.11 Å². The molecule has 0 amide bonds. The molecule has 1 N–H and O–H groups in total. The number of nitrogens with zero attached hydrogens (tertiary/aromatic N) is 1. The maximum absolute atomic E-state index is 14.5. The highest BCUT2D eigenvalue weighted by atomic mass is 32.2. The molecular formula is C20H23F2NO2S. The molecule has 0 radical (unpaired) electrons. The van der Waals surface area contributed by atoms with E-state index in [4.69, 9.17) is 5.11 Å². The Morgan fingerprint density at radius 2 is 1.88 bits per heavy atom. The van der Waals surface area contributed by atoms with Gasteiger partial charge in [0, 0.05) is 29.0 Å². The van der Waals surface area contributed by atoms with Gasteiger partial charge in [-0.05, 0) is 43.0 Å². The van der Waals surface area contributed by atoms with Gasteiger partial charge >= 0.3 is 5.97 Å². The van der Waals surface area contributed by atoms with E-state index in [1.807, 2.05) is 19.9 Å². The molecule has 26 heavy (non-hydrogen) atoms. The highest BCUT2D eigenvalue weighted by molar-refractivity contribution is 7.99. The maximum Gasteiger partial charge on any atom is 0.303 e. The fraction of sp³-hybridized carbons (Fsp3) is 0.400. The zero-order chi connectivity index (χ0) is 19.1. The van der Waals surface area contributed by atoms with Crippen LogP contribution in [0, 0.1) is 11.6 Å². The van der Waals surface area contributed by atoms with Crippen LogP contribution in [-0.2, 0) is 11.2 Å². The van der Waals surface area contributed by atoms with Crippen LogP contribution in [-0.4, -0.2) is 21.3 Å². The number of aromatic nitrogens is 1. The van der Waals surface area contributed by atoms with Gasteiger partial charge in [-0.25, -0.2) is 13.8 Å². The van der Waals surface area contributed by atoms with E-state index in [2.05, 4.69) is 4.98 Å². The zero-order valence-corrected chi connectivity index (χ0v) is 15.8. The van der Waals surface area contributed by atoms with Crippen LogP contribution in [0.3, 0.4) is 0 Å². The van der Waals surface area contributed by atoms with Gasteiger partial charge in [-0.2, -0.15) is 0 Å². The first-order valence-electron chi connectivity index (χ1n) is 8.70. The summed E-state index contributed by atoms with van der Waals surface area (Å²) in [5, 5.41) is 9.67. The average Bonchev–Trinajstić information content (AvgIpc) is 2.56. The third kappa shape index (κ3) is 5.80. The Bertz CT molecular complexity index is 742. The molecule has 0 bridgehead atoms. The van der Waals surface area contributed by atoms with Gasteiger partial charge in [0.25, 0.3) is 0 Å². The highest BCUT2D eigenvalue weighted by Gasteiger charge is 2.15. The number of benzene rings is 1. The molecule has 1 aromatic carbocycles. The van der Waals surface area contributed by atoms with Crippen molar-refractivity contribution in [1.29, 1.82) is 0 Å². The van der Waals surface area contributed by atoms with Gasteiger partial charge in [0.15, 0.2) is 0 Å². The van der Waals surface area contributed by atoms with E-state index < -0.39 is 17.6 Å². The van der Waals surface area contributed by atoms with Crippen molar-refractivity contribution in [3.05, 3.63) is 47.7 Å². The summed E-state index contributed by atoms with van der Waals surface area (Å²) in [5.74, 6) is -1.98. The fourth-order valence-electron chi connectivity index (χ4n) is 2.68. The third-order valence-electron chi connectivity index (χ3n) is 3.89. The van der Waals surface area contributed by atoms with Crippen molar-refractivity contribution < 1.29 is 18.7 Å². The predicted molar refractivity (Wildman–Crippen MR) is 100 cm³/mol. The molecule has 0 unspecified atom stereocenters. The maximum atomic E-state index is 14.5. The Balaban J connectivity index is 2.15. The van der Waals surface area contributed by atoms with E-state index in [-0.39, 0.29) is 18.4 Å². The second kappa shape index (κ2) is 9.67. The van der Waals surface area contributed by atoms with Crippen molar-refractivity contribution in [3.8, 4) is 11.1 Å². The fourth-order valence-corrected chi connectivity index (χ4v) is 3.56. The number of carboxylic acids is 1. The molecule has 2 aromatic rings. The smallest absolute Gasteiger partial charge is 0.303 e. The molecule has 140 valence electrons. The number of pyridine rings is 1. The monoisotopic (exact) mass is 379 g/mol. The molecule has 0 saturated carbocycles.